The van der Waals surface area contributed by atoms with Crippen LogP contribution in [0.3, 0.4) is 0 Å². The van der Waals surface area contributed by atoms with Crippen LogP contribution in [-0.4, -0.2) is 34.7 Å². The number of esters is 1. The number of hydrogen-bond donors (Lipinski definition) is 3. The third-order valence-electron chi connectivity index (χ3n) is 3.60. The van der Waals surface area contributed by atoms with Gasteiger partial charge in [-0.05, 0) is 36.3 Å². The molecule has 3 N–H and O–H groups in total. The van der Waals surface area contributed by atoms with Crippen molar-refractivity contribution < 1.29 is 24.5 Å². The lowest BCUT2D eigenvalue weighted by molar-refractivity contribution is -0.146. The minimum atomic E-state index is -0.803. The van der Waals surface area contributed by atoms with Gasteiger partial charge in [0.15, 0.2) is 11.5 Å². The molecule has 0 aromatic heterocycles. The van der Waals surface area contributed by atoms with Crippen LogP contribution in [0.25, 0.3) is 6.08 Å². The van der Waals surface area contributed by atoms with Crippen molar-refractivity contribution in [2.45, 2.75) is 19.4 Å². The van der Waals surface area contributed by atoms with E-state index in [0.717, 1.165) is 5.56 Å². The van der Waals surface area contributed by atoms with Gasteiger partial charge in [-0.25, -0.2) is 4.79 Å². The SMILES string of the molecule is CCOC(=O)C(Cc1ccccc1)NC(=O)/C=C/c1ccc(O)c(O)c1. The van der Waals surface area contributed by atoms with Crippen molar-refractivity contribution in [1.29, 1.82) is 0 Å². The first-order valence-electron chi connectivity index (χ1n) is 8.20. The van der Waals surface area contributed by atoms with E-state index in [1.807, 2.05) is 30.3 Å². The van der Waals surface area contributed by atoms with Gasteiger partial charge in [0.25, 0.3) is 0 Å². The lowest BCUT2D eigenvalue weighted by atomic mass is 10.1. The third kappa shape index (κ3) is 5.66. The van der Waals surface area contributed by atoms with Crippen LogP contribution in [0, 0.1) is 0 Å². The van der Waals surface area contributed by atoms with Crippen molar-refractivity contribution >= 4 is 18.0 Å². The number of phenolic OH excluding ortho intramolecular Hbond substituents is 2. The Kier molecular flexibility index (Phi) is 6.79. The normalized spacial score (nSPS) is 11.9. The number of phenols is 2. The van der Waals surface area contributed by atoms with Crippen LogP contribution in [0.1, 0.15) is 18.1 Å². The Morgan fingerprint density at radius 1 is 1.12 bits per heavy atom. The van der Waals surface area contributed by atoms with Gasteiger partial charge in [0.2, 0.25) is 5.91 Å². The molecular weight excluding hydrogens is 334 g/mol. The molecule has 6 nitrogen and oxygen atoms in total. The number of carbonyl (C=O) groups is 2. The van der Waals surface area contributed by atoms with Crippen molar-refractivity contribution in [3.05, 3.63) is 65.7 Å². The predicted molar refractivity (Wildman–Crippen MR) is 97.5 cm³/mol. The molecular formula is C20H21NO5. The van der Waals surface area contributed by atoms with Crippen LogP contribution < -0.4 is 5.32 Å². The quantitative estimate of drug-likeness (QED) is 0.403. The summed E-state index contributed by atoms with van der Waals surface area (Å²) in [6.45, 7) is 1.93. The zero-order valence-electron chi connectivity index (χ0n) is 14.4. The van der Waals surface area contributed by atoms with Gasteiger partial charge < -0.3 is 20.3 Å². The van der Waals surface area contributed by atoms with Crippen LogP contribution in [-0.2, 0) is 20.7 Å². The second-order valence-electron chi connectivity index (χ2n) is 5.58. The molecule has 0 aliphatic carbocycles. The highest BCUT2D eigenvalue weighted by Gasteiger charge is 2.21. The van der Waals surface area contributed by atoms with Crippen LogP contribution in [0.4, 0.5) is 0 Å². The standard InChI is InChI=1S/C20H21NO5/c1-2-26-20(25)16(12-14-6-4-3-5-7-14)21-19(24)11-9-15-8-10-17(22)18(23)13-15/h3-11,13,16,22-23H,2,12H2,1H3,(H,21,24)/b11-9+. The van der Waals surface area contributed by atoms with E-state index in [4.69, 9.17) is 4.74 Å². The first-order valence-corrected chi connectivity index (χ1v) is 8.20. The molecule has 0 aliphatic heterocycles. The van der Waals surface area contributed by atoms with E-state index in [9.17, 15) is 19.8 Å². The third-order valence-corrected chi connectivity index (χ3v) is 3.60. The molecule has 0 fully saturated rings. The van der Waals surface area contributed by atoms with E-state index in [0.29, 0.717) is 12.0 Å². The highest BCUT2D eigenvalue weighted by atomic mass is 16.5. The van der Waals surface area contributed by atoms with Crippen molar-refractivity contribution in [3.63, 3.8) is 0 Å². The maximum absolute atomic E-state index is 12.2. The van der Waals surface area contributed by atoms with Crippen molar-refractivity contribution in [3.8, 4) is 11.5 Å². The number of ether oxygens (including phenoxy) is 1. The second-order valence-corrected chi connectivity index (χ2v) is 5.58. The summed E-state index contributed by atoms with van der Waals surface area (Å²) in [5.41, 5.74) is 1.43. The maximum Gasteiger partial charge on any atom is 0.328 e. The minimum absolute atomic E-state index is 0.225. The van der Waals surface area contributed by atoms with Gasteiger partial charge in [-0.2, -0.15) is 0 Å². The van der Waals surface area contributed by atoms with E-state index < -0.39 is 17.9 Å². The monoisotopic (exact) mass is 355 g/mol. The van der Waals surface area contributed by atoms with Crippen molar-refractivity contribution in [2.24, 2.45) is 0 Å². The van der Waals surface area contributed by atoms with E-state index in [2.05, 4.69) is 5.32 Å². The molecule has 0 heterocycles. The Labute approximate surface area is 151 Å². The number of rotatable bonds is 7. The summed E-state index contributed by atoms with van der Waals surface area (Å²) in [4.78, 5) is 24.3. The zero-order valence-corrected chi connectivity index (χ0v) is 14.4. The molecule has 0 saturated carbocycles. The summed E-state index contributed by atoms with van der Waals surface area (Å²) in [7, 11) is 0. The number of carbonyl (C=O) groups excluding carboxylic acids is 2. The summed E-state index contributed by atoms with van der Waals surface area (Å²) in [6.07, 6.45) is 3.04. The van der Waals surface area contributed by atoms with E-state index in [-0.39, 0.29) is 18.1 Å². The van der Waals surface area contributed by atoms with Gasteiger partial charge in [0.1, 0.15) is 6.04 Å². The van der Waals surface area contributed by atoms with Crippen molar-refractivity contribution in [1.82, 2.24) is 5.32 Å². The first kappa shape index (κ1) is 19.1. The molecule has 136 valence electrons. The fraction of sp³-hybridized carbons (Fsp3) is 0.200. The lowest BCUT2D eigenvalue weighted by Crippen LogP contribution is -2.42. The van der Waals surface area contributed by atoms with Gasteiger partial charge in [-0.15, -0.1) is 0 Å². The number of benzene rings is 2. The lowest BCUT2D eigenvalue weighted by Gasteiger charge is -2.16. The van der Waals surface area contributed by atoms with E-state index >= 15 is 0 Å². The molecule has 0 bridgehead atoms. The maximum atomic E-state index is 12.2. The second kappa shape index (κ2) is 9.27. The molecule has 0 radical (unpaired) electrons. The average molecular weight is 355 g/mol. The van der Waals surface area contributed by atoms with Gasteiger partial charge in [0, 0.05) is 12.5 Å². The minimum Gasteiger partial charge on any atom is -0.504 e. The summed E-state index contributed by atoms with van der Waals surface area (Å²) in [5.74, 6) is -1.48. The Balaban J connectivity index is 2.05. The van der Waals surface area contributed by atoms with E-state index in [1.54, 1.807) is 13.0 Å². The Morgan fingerprint density at radius 3 is 2.50 bits per heavy atom. The van der Waals surface area contributed by atoms with Crippen LogP contribution >= 0.6 is 0 Å². The smallest absolute Gasteiger partial charge is 0.328 e. The first-order chi connectivity index (χ1) is 12.5. The summed E-state index contributed by atoms with van der Waals surface area (Å²) < 4.78 is 5.03. The average Bonchev–Trinajstić information content (AvgIpc) is 2.63. The fourth-order valence-electron chi connectivity index (χ4n) is 2.32. The highest BCUT2D eigenvalue weighted by molar-refractivity contribution is 5.94. The van der Waals surface area contributed by atoms with Gasteiger partial charge in [-0.3, -0.25) is 4.79 Å². The van der Waals surface area contributed by atoms with Crippen LogP contribution in [0.5, 0.6) is 11.5 Å². The molecule has 1 unspecified atom stereocenters. The van der Waals surface area contributed by atoms with Gasteiger partial charge in [0.05, 0.1) is 6.61 Å². The summed E-state index contributed by atoms with van der Waals surface area (Å²) in [5, 5.41) is 21.4. The molecule has 1 amide bonds. The largest absolute Gasteiger partial charge is 0.504 e. The highest BCUT2D eigenvalue weighted by Crippen LogP contribution is 2.25. The number of hydrogen-bond acceptors (Lipinski definition) is 5. The number of nitrogens with one attached hydrogen (secondary N) is 1. The molecule has 0 saturated heterocycles. The molecule has 2 rings (SSSR count). The molecule has 1 atom stereocenters. The summed E-state index contributed by atoms with van der Waals surface area (Å²) in [6, 6.07) is 12.7. The van der Waals surface area contributed by atoms with E-state index in [1.165, 1.54) is 24.3 Å². The number of amides is 1. The summed E-state index contributed by atoms with van der Waals surface area (Å²) >= 11 is 0. The van der Waals surface area contributed by atoms with Gasteiger partial charge in [-0.1, -0.05) is 36.4 Å². The van der Waals surface area contributed by atoms with Crippen molar-refractivity contribution in [2.75, 3.05) is 6.61 Å². The molecule has 26 heavy (non-hydrogen) atoms. The van der Waals surface area contributed by atoms with Crippen LogP contribution in [0.2, 0.25) is 0 Å². The fourth-order valence-corrected chi connectivity index (χ4v) is 2.32. The molecule has 0 spiro atoms. The molecule has 0 aliphatic rings. The molecule has 2 aromatic carbocycles. The topological polar surface area (TPSA) is 95.9 Å². The number of aromatic hydroxyl groups is 2. The predicted octanol–water partition coefficient (Wildman–Crippen LogP) is 2.40. The Hall–Kier alpha value is -3.28. The molecule has 2 aromatic rings. The van der Waals surface area contributed by atoms with Crippen LogP contribution in [0.15, 0.2) is 54.6 Å². The Bertz CT molecular complexity index is 786. The Morgan fingerprint density at radius 2 is 1.85 bits per heavy atom. The zero-order chi connectivity index (χ0) is 18.9. The molecule has 6 heteroatoms. The van der Waals surface area contributed by atoms with Gasteiger partial charge >= 0.3 is 5.97 Å².